The van der Waals surface area contributed by atoms with Gasteiger partial charge in [-0.25, -0.2) is 0 Å². The molecular formula is C20H42O4S. The largest absolute Gasteiger partial charge is 0.372 e. The fourth-order valence-electron chi connectivity index (χ4n) is 3.28. The Morgan fingerprint density at radius 3 is 1.16 bits per heavy atom. The molecule has 0 aliphatic carbocycles. The summed E-state index contributed by atoms with van der Waals surface area (Å²) in [7, 11) is -4.42. The van der Waals surface area contributed by atoms with Crippen molar-refractivity contribution in [2.75, 3.05) is 0 Å². The summed E-state index contributed by atoms with van der Waals surface area (Å²) in [6.45, 7) is 4.37. The van der Waals surface area contributed by atoms with Crippen molar-refractivity contribution >= 4 is 10.1 Å². The Labute approximate surface area is 156 Å². The van der Waals surface area contributed by atoms with Crippen LogP contribution in [0.1, 0.15) is 123 Å². The lowest BCUT2D eigenvalue weighted by Gasteiger charge is -2.24. The fraction of sp³-hybridized carbons (Fsp3) is 1.00. The molecule has 0 aromatic rings. The van der Waals surface area contributed by atoms with Crippen molar-refractivity contribution in [3.8, 4) is 0 Å². The van der Waals surface area contributed by atoms with E-state index >= 15 is 0 Å². The molecule has 0 rings (SSSR count). The van der Waals surface area contributed by atoms with Crippen LogP contribution in [0.4, 0.5) is 0 Å². The molecular weight excluding hydrogens is 336 g/mol. The van der Waals surface area contributed by atoms with Crippen molar-refractivity contribution in [2.45, 2.75) is 128 Å². The Morgan fingerprint density at radius 1 is 0.600 bits per heavy atom. The molecule has 0 amide bonds. The van der Waals surface area contributed by atoms with Crippen LogP contribution in [0.5, 0.6) is 0 Å². The fourth-order valence-corrected chi connectivity index (χ4v) is 4.08. The summed E-state index contributed by atoms with van der Waals surface area (Å²) in [5.74, 6) is 0. The molecule has 0 heterocycles. The van der Waals surface area contributed by atoms with Gasteiger partial charge in [0.05, 0.1) is 0 Å². The summed E-state index contributed by atoms with van der Waals surface area (Å²) in [4.78, 5) is -1.95. The molecule has 0 aromatic carbocycles. The zero-order valence-corrected chi connectivity index (χ0v) is 17.5. The van der Waals surface area contributed by atoms with E-state index in [1.807, 2.05) is 0 Å². The van der Waals surface area contributed by atoms with Gasteiger partial charge in [-0.1, -0.05) is 97.3 Å². The molecule has 25 heavy (non-hydrogen) atoms. The lowest BCUT2D eigenvalue weighted by Crippen LogP contribution is -2.38. The minimum absolute atomic E-state index is 0.149. The molecule has 0 radical (unpaired) electrons. The average molecular weight is 379 g/mol. The first kappa shape index (κ1) is 24.9. The molecule has 5 heteroatoms. The van der Waals surface area contributed by atoms with E-state index in [9.17, 15) is 18.1 Å². The highest BCUT2D eigenvalue weighted by Gasteiger charge is 2.39. The zero-order chi connectivity index (χ0) is 19.0. The van der Waals surface area contributed by atoms with Crippen LogP contribution in [0.3, 0.4) is 0 Å². The normalized spacial score (nSPS) is 14.6. The minimum Gasteiger partial charge on any atom is -0.372 e. The predicted molar refractivity (Wildman–Crippen MR) is 106 cm³/mol. The SMILES string of the molecule is CCCCCCCCCCC(O)(CCCCCCCCC)S(=O)(=O)O. The monoisotopic (exact) mass is 378 g/mol. The van der Waals surface area contributed by atoms with E-state index in [0.717, 1.165) is 32.1 Å². The van der Waals surface area contributed by atoms with Crippen LogP contribution >= 0.6 is 0 Å². The number of rotatable bonds is 18. The second kappa shape index (κ2) is 15.0. The maximum atomic E-state index is 11.6. The van der Waals surface area contributed by atoms with E-state index < -0.39 is 15.1 Å². The Bertz CT molecular complexity index is 395. The van der Waals surface area contributed by atoms with Crippen LogP contribution in [0, 0.1) is 0 Å². The smallest absolute Gasteiger partial charge is 0.294 e. The van der Waals surface area contributed by atoms with Gasteiger partial charge in [0.25, 0.3) is 10.1 Å². The van der Waals surface area contributed by atoms with Gasteiger partial charge in [-0.2, -0.15) is 8.42 Å². The molecule has 0 bridgehead atoms. The Kier molecular flexibility index (Phi) is 14.9. The van der Waals surface area contributed by atoms with Gasteiger partial charge in [0.1, 0.15) is 0 Å². The summed E-state index contributed by atoms with van der Waals surface area (Å²) in [5.41, 5.74) is 0. The van der Waals surface area contributed by atoms with Crippen LogP contribution in [-0.4, -0.2) is 23.0 Å². The van der Waals surface area contributed by atoms with E-state index in [1.54, 1.807) is 0 Å². The van der Waals surface area contributed by atoms with Crippen LogP contribution in [0.25, 0.3) is 0 Å². The maximum absolute atomic E-state index is 11.6. The molecule has 0 aromatic heterocycles. The summed E-state index contributed by atoms with van der Waals surface area (Å²) >= 11 is 0. The van der Waals surface area contributed by atoms with Crippen molar-refractivity contribution in [1.29, 1.82) is 0 Å². The highest BCUT2D eigenvalue weighted by molar-refractivity contribution is 7.87. The van der Waals surface area contributed by atoms with Gasteiger partial charge in [-0.05, 0) is 25.7 Å². The summed E-state index contributed by atoms with van der Waals surface area (Å²) in [5, 5.41) is 10.4. The van der Waals surface area contributed by atoms with Gasteiger partial charge in [0.15, 0.2) is 4.93 Å². The van der Waals surface area contributed by atoms with E-state index in [2.05, 4.69) is 13.8 Å². The third kappa shape index (κ3) is 12.8. The highest BCUT2D eigenvalue weighted by atomic mass is 32.2. The van der Waals surface area contributed by atoms with Gasteiger partial charge in [0, 0.05) is 0 Å². The number of hydrogen-bond donors (Lipinski definition) is 2. The molecule has 152 valence electrons. The van der Waals surface area contributed by atoms with Crippen LogP contribution in [0.2, 0.25) is 0 Å². The van der Waals surface area contributed by atoms with Crippen molar-refractivity contribution in [3.05, 3.63) is 0 Å². The predicted octanol–water partition coefficient (Wildman–Crippen LogP) is 6.23. The molecule has 0 saturated heterocycles. The van der Waals surface area contributed by atoms with Gasteiger partial charge in [0.2, 0.25) is 0 Å². The van der Waals surface area contributed by atoms with Crippen LogP contribution in [0.15, 0.2) is 0 Å². The molecule has 0 saturated carbocycles. The molecule has 1 atom stereocenters. The average Bonchev–Trinajstić information content (AvgIpc) is 2.55. The van der Waals surface area contributed by atoms with Crippen molar-refractivity contribution < 1.29 is 18.1 Å². The molecule has 4 nitrogen and oxygen atoms in total. The third-order valence-electron chi connectivity index (χ3n) is 5.07. The Hall–Kier alpha value is -0.130. The topological polar surface area (TPSA) is 74.6 Å². The van der Waals surface area contributed by atoms with E-state index in [0.29, 0.717) is 12.8 Å². The van der Waals surface area contributed by atoms with Gasteiger partial charge < -0.3 is 5.11 Å². The zero-order valence-electron chi connectivity index (χ0n) is 16.6. The molecule has 0 aliphatic rings. The van der Waals surface area contributed by atoms with Crippen molar-refractivity contribution in [2.24, 2.45) is 0 Å². The molecule has 2 N–H and O–H groups in total. The van der Waals surface area contributed by atoms with E-state index in [4.69, 9.17) is 0 Å². The molecule has 0 spiro atoms. The first-order valence-electron chi connectivity index (χ1n) is 10.6. The van der Waals surface area contributed by atoms with Crippen molar-refractivity contribution in [3.63, 3.8) is 0 Å². The van der Waals surface area contributed by atoms with Gasteiger partial charge in [-0.15, -0.1) is 0 Å². The third-order valence-corrected chi connectivity index (χ3v) is 6.44. The molecule has 0 aliphatic heterocycles. The van der Waals surface area contributed by atoms with Crippen LogP contribution < -0.4 is 0 Å². The number of aliphatic hydroxyl groups is 1. The Morgan fingerprint density at radius 2 is 0.880 bits per heavy atom. The van der Waals surface area contributed by atoms with Gasteiger partial charge in [-0.3, -0.25) is 4.55 Å². The summed E-state index contributed by atoms with van der Waals surface area (Å²) < 4.78 is 32.6. The van der Waals surface area contributed by atoms with E-state index in [1.165, 1.54) is 51.4 Å². The van der Waals surface area contributed by atoms with E-state index in [-0.39, 0.29) is 12.8 Å². The highest BCUT2D eigenvalue weighted by Crippen LogP contribution is 2.28. The molecule has 1 unspecified atom stereocenters. The summed E-state index contributed by atoms with van der Waals surface area (Å²) in [6, 6.07) is 0. The molecule has 0 fully saturated rings. The standard InChI is InChI=1S/C20H42O4S/c1-3-5-7-9-11-13-15-17-19-20(21,25(22,23)24)18-16-14-12-10-8-6-4-2/h21H,3-19H2,1-2H3,(H,22,23,24). The lowest BCUT2D eigenvalue weighted by atomic mass is 10.0. The van der Waals surface area contributed by atoms with Crippen molar-refractivity contribution in [1.82, 2.24) is 0 Å². The first-order valence-corrected chi connectivity index (χ1v) is 12.0. The number of unbranched alkanes of at least 4 members (excludes halogenated alkanes) is 13. The lowest BCUT2D eigenvalue weighted by molar-refractivity contribution is 0.0884. The Balaban J connectivity index is 3.97. The summed E-state index contributed by atoms with van der Waals surface area (Å²) in [6.07, 6.45) is 16.6. The van der Waals surface area contributed by atoms with Gasteiger partial charge >= 0.3 is 0 Å². The maximum Gasteiger partial charge on any atom is 0.294 e. The first-order chi connectivity index (χ1) is 11.9. The number of hydrogen-bond acceptors (Lipinski definition) is 3. The van der Waals surface area contributed by atoms with Crippen LogP contribution in [-0.2, 0) is 10.1 Å². The quantitative estimate of drug-likeness (QED) is 0.219. The second-order valence-electron chi connectivity index (χ2n) is 7.52. The minimum atomic E-state index is -4.42. The second-order valence-corrected chi connectivity index (χ2v) is 9.23.